The highest BCUT2D eigenvalue weighted by Crippen LogP contribution is 2.25. The van der Waals surface area contributed by atoms with Crippen molar-refractivity contribution in [2.75, 3.05) is 11.1 Å². The number of hydrogen-bond donors (Lipinski definition) is 2. The van der Waals surface area contributed by atoms with Crippen LogP contribution in [0.25, 0.3) is 0 Å². The number of rotatable bonds is 2. The lowest BCUT2D eigenvalue weighted by molar-refractivity contribution is 0.102. The van der Waals surface area contributed by atoms with Gasteiger partial charge in [-0.05, 0) is 30.7 Å². The number of nitrogens with one attached hydrogen (secondary N) is 1. The van der Waals surface area contributed by atoms with Gasteiger partial charge in [0, 0.05) is 16.2 Å². The Morgan fingerprint density at radius 2 is 2.00 bits per heavy atom. The first-order valence-electron chi connectivity index (χ1n) is 5.71. The van der Waals surface area contributed by atoms with E-state index in [0.29, 0.717) is 11.8 Å². The molecule has 0 unspecified atom stereocenters. The zero-order valence-corrected chi connectivity index (χ0v) is 12.1. The number of carbonyl (C=O) groups excluding carboxylic acids is 1. The van der Waals surface area contributed by atoms with Gasteiger partial charge in [0.15, 0.2) is 0 Å². The molecule has 0 spiro atoms. The second-order valence-corrected chi connectivity index (χ2v) is 5.07. The smallest absolute Gasteiger partial charge is 0.257 e. The van der Waals surface area contributed by atoms with E-state index in [4.69, 9.17) is 5.73 Å². The normalized spacial score (nSPS) is 10.4. The summed E-state index contributed by atoms with van der Waals surface area (Å²) in [6.45, 7) is 1.80. The van der Waals surface area contributed by atoms with Crippen LogP contribution in [0.5, 0.6) is 0 Å². The highest BCUT2D eigenvalue weighted by molar-refractivity contribution is 9.10. The second-order valence-electron chi connectivity index (χ2n) is 4.22. The van der Waals surface area contributed by atoms with Crippen LogP contribution in [-0.4, -0.2) is 5.91 Å². The van der Waals surface area contributed by atoms with Crippen LogP contribution >= 0.6 is 15.9 Å². The van der Waals surface area contributed by atoms with Crippen LogP contribution in [-0.2, 0) is 0 Å². The maximum absolute atomic E-state index is 13.3. The van der Waals surface area contributed by atoms with Gasteiger partial charge in [-0.3, -0.25) is 4.79 Å². The molecule has 0 heterocycles. The zero-order chi connectivity index (χ0) is 14.9. The molecule has 3 N–H and O–H groups in total. The van der Waals surface area contributed by atoms with Crippen molar-refractivity contribution in [3.8, 4) is 0 Å². The van der Waals surface area contributed by atoms with E-state index in [0.717, 1.165) is 16.1 Å². The average molecular weight is 341 g/mol. The fraction of sp³-hybridized carbons (Fsp3) is 0.0714. The van der Waals surface area contributed by atoms with Gasteiger partial charge in [-0.2, -0.15) is 0 Å². The van der Waals surface area contributed by atoms with Gasteiger partial charge in [0.05, 0.1) is 11.3 Å². The maximum Gasteiger partial charge on any atom is 0.257 e. The number of anilines is 2. The van der Waals surface area contributed by atoms with Crippen molar-refractivity contribution in [3.63, 3.8) is 0 Å². The molecule has 0 aromatic heterocycles. The van der Waals surface area contributed by atoms with Gasteiger partial charge in [0.1, 0.15) is 11.6 Å². The van der Waals surface area contributed by atoms with Crippen LogP contribution in [0, 0.1) is 18.6 Å². The summed E-state index contributed by atoms with van der Waals surface area (Å²) in [5.74, 6) is -2.48. The van der Waals surface area contributed by atoms with Crippen LogP contribution in [0.4, 0.5) is 20.2 Å². The number of nitrogen functional groups attached to an aromatic ring is 1. The molecule has 20 heavy (non-hydrogen) atoms. The van der Waals surface area contributed by atoms with E-state index in [1.165, 1.54) is 0 Å². The van der Waals surface area contributed by atoms with Crippen molar-refractivity contribution >= 4 is 33.2 Å². The van der Waals surface area contributed by atoms with E-state index in [2.05, 4.69) is 21.2 Å². The first-order valence-corrected chi connectivity index (χ1v) is 6.50. The summed E-state index contributed by atoms with van der Waals surface area (Å²) in [6.07, 6.45) is 0. The molecule has 104 valence electrons. The Balaban J connectivity index is 2.36. The van der Waals surface area contributed by atoms with Gasteiger partial charge in [-0.15, -0.1) is 0 Å². The van der Waals surface area contributed by atoms with E-state index in [1.807, 2.05) is 6.07 Å². The first kappa shape index (κ1) is 14.5. The van der Waals surface area contributed by atoms with E-state index < -0.39 is 17.5 Å². The molecule has 0 saturated heterocycles. The second kappa shape index (κ2) is 5.58. The van der Waals surface area contributed by atoms with Crippen LogP contribution in [0.1, 0.15) is 15.9 Å². The molecule has 0 aliphatic heterocycles. The van der Waals surface area contributed by atoms with Gasteiger partial charge in [-0.1, -0.05) is 22.0 Å². The van der Waals surface area contributed by atoms with Crippen molar-refractivity contribution in [2.24, 2.45) is 0 Å². The van der Waals surface area contributed by atoms with Crippen molar-refractivity contribution in [2.45, 2.75) is 6.92 Å². The summed E-state index contributed by atoms with van der Waals surface area (Å²) in [5.41, 5.74) is 6.19. The molecule has 6 heteroatoms. The molecule has 2 rings (SSSR count). The third-order valence-corrected chi connectivity index (χ3v) is 3.71. The molecule has 0 atom stereocenters. The highest BCUT2D eigenvalue weighted by Gasteiger charge is 2.16. The number of carbonyl (C=O) groups is 1. The maximum atomic E-state index is 13.3. The molecule has 0 fully saturated rings. The third-order valence-electron chi connectivity index (χ3n) is 2.85. The zero-order valence-electron chi connectivity index (χ0n) is 10.5. The quantitative estimate of drug-likeness (QED) is 0.815. The highest BCUT2D eigenvalue weighted by atomic mass is 79.9. The summed E-state index contributed by atoms with van der Waals surface area (Å²) in [4.78, 5) is 12.1. The van der Waals surface area contributed by atoms with Gasteiger partial charge >= 0.3 is 0 Å². The lowest BCUT2D eigenvalue weighted by Gasteiger charge is -2.11. The summed E-state index contributed by atoms with van der Waals surface area (Å²) >= 11 is 3.33. The Labute approximate surface area is 122 Å². The summed E-state index contributed by atoms with van der Waals surface area (Å²) < 4.78 is 27.3. The third kappa shape index (κ3) is 2.80. The molecule has 0 aliphatic carbocycles. The van der Waals surface area contributed by atoms with Crippen LogP contribution in [0.2, 0.25) is 0 Å². The Morgan fingerprint density at radius 1 is 1.30 bits per heavy atom. The number of hydrogen-bond acceptors (Lipinski definition) is 2. The van der Waals surface area contributed by atoms with Gasteiger partial charge in [0.2, 0.25) is 0 Å². The van der Waals surface area contributed by atoms with Crippen molar-refractivity contribution in [1.29, 1.82) is 0 Å². The summed E-state index contributed by atoms with van der Waals surface area (Å²) in [6, 6.07) is 6.78. The van der Waals surface area contributed by atoms with Gasteiger partial charge in [0.25, 0.3) is 5.91 Å². The minimum atomic E-state index is -0.957. The summed E-state index contributed by atoms with van der Waals surface area (Å²) in [5, 5.41) is 2.58. The fourth-order valence-corrected chi connectivity index (χ4v) is 2.07. The van der Waals surface area contributed by atoms with Crippen molar-refractivity contribution in [1.82, 2.24) is 0 Å². The lowest BCUT2D eigenvalue weighted by Crippen LogP contribution is -2.16. The molecule has 0 radical (unpaired) electrons. The van der Waals surface area contributed by atoms with Crippen molar-refractivity contribution < 1.29 is 13.6 Å². The predicted octanol–water partition coefficient (Wildman–Crippen LogP) is 3.87. The SMILES string of the molecule is Cc1c(Br)cccc1NC(=O)c1cc(F)cc(F)c1N. The van der Waals surface area contributed by atoms with E-state index >= 15 is 0 Å². The molecule has 2 aromatic rings. The van der Waals surface area contributed by atoms with Crippen molar-refractivity contribution in [3.05, 3.63) is 57.6 Å². The molecule has 3 nitrogen and oxygen atoms in total. The Hall–Kier alpha value is -1.95. The van der Waals surface area contributed by atoms with E-state index in [9.17, 15) is 13.6 Å². The van der Waals surface area contributed by atoms with Crippen LogP contribution in [0.3, 0.4) is 0 Å². The summed E-state index contributed by atoms with van der Waals surface area (Å²) in [7, 11) is 0. The van der Waals surface area contributed by atoms with Crippen LogP contribution < -0.4 is 11.1 Å². The number of benzene rings is 2. The minimum Gasteiger partial charge on any atom is -0.396 e. The molecule has 0 aliphatic rings. The number of halogens is 3. The lowest BCUT2D eigenvalue weighted by atomic mass is 10.1. The fourth-order valence-electron chi connectivity index (χ4n) is 1.71. The van der Waals surface area contributed by atoms with E-state index in [-0.39, 0.29) is 11.3 Å². The Morgan fingerprint density at radius 3 is 2.70 bits per heavy atom. The predicted molar refractivity (Wildman–Crippen MR) is 77.6 cm³/mol. The topological polar surface area (TPSA) is 55.1 Å². The number of nitrogens with two attached hydrogens (primary N) is 1. The molecular formula is C14H11BrF2N2O. The Kier molecular flexibility index (Phi) is 4.04. The van der Waals surface area contributed by atoms with Gasteiger partial charge < -0.3 is 11.1 Å². The molecular weight excluding hydrogens is 330 g/mol. The largest absolute Gasteiger partial charge is 0.396 e. The number of amides is 1. The minimum absolute atomic E-state index is 0.234. The monoisotopic (exact) mass is 340 g/mol. The molecule has 0 bridgehead atoms. The standard InChI is InChI=1S/C14H11BrF2N2O/c1-7-10(15)3-2-4-12(7)19-14(20)9-5-8(16)6-11(17)13(9)18/h2-6H,18H2,1H3,(H,19,20). The van der Waals surface area contributed by atoms with Gasteiger partial charge in [-0.25, -0.2) is 8.78 Å². The van der Waals surface area contributed by atoms with E-state index in [1.54, 1.807) is 19.1 Å². The Bertz CT molecular complexity index is 689. The first-order chi connectivity index (χ1) is 9.40. The van der Waals surface area contributed by atoms with Crippen LogP contribution in [0.15, 0.2) is 34.8 Å². The molecule has 1 amide bonds. The molecule has 2 aromatic carbocycles. The molecule has 0 saturated carbocycles. The average Bonchev–Trinajstić information content (AvgIpc) is 2.39.